The van der Waals surface area contributed by atoms with Crippen LogP contribution >= 0.6 is 0 Å². The number of nitrogens with two attached hydrogens (primary N) is 1. The van der Waals surface area contributed by atoms with E-state index in [1.165, 1.54) is 24.3 Å². The van der Waals surface area contributed by atoms with Gasteiger partial charge in [-0.05, 0) is 58.8 Å². The maximum Gasteiger partial charge on any atom is 0.319 e. The number of fused-ring (bicyclic) bond motifs is 1. The Hall–Kier alpha value is -3.10. The third-order valence-corrected chi connectivity index (χ3v) is 4.93. The smallest absolute Gasteiger partial charge is 0.319 e. The third kappa shape index (κ3) is 4.75. The fourth-order valence-corrected chi connectivity index (χ4v) is 3.11. The minimum Gasteiger partial charge on any atom is -0.497 e. The molecule has 3 rings (SSSR count). The Labute approximate surface area is 157 Å². The number of rotatable bonds is 5. The molecule has 2 amide bonds. The Morgan fingerprint density at radius 1 is 1.00 bits per heavy atom. The minimum absolute atomic E-state index is 0.0127. The molecule has 0 bridgehead atoms. The number of amides is 2. The summed E-state index contributed by atoms with van der Waals surface area (Å²) in [4.78, 5) is 12.0. The van der Waals surface area contributed by atoms with E-state index in [1.807, 2.05) is 36.4 Å². The second-order valence-corrected chi connectivity index (χ2v) is 7.49. The standard InChI is InChI=1S/C19H19N3O4S/c1-26-17-7-4-14-10-13(2-3-15(14)11-17)12-21-19(23)22-16-5-8-18(9-6-16)27(20,24)25/h2-11H,12H2,1H3,(H2,20,24,25)(H2,21,22,23). The zero-order valence-electron chi connectivity index (χ0n) is 14.6. The molecule has 0 spiro atoms. The fraction of sp³-hybridized carbons (Fsp3) is 0.105. The lowest BCUT2D eigenvalue weighted by Gasteiger charge is -2.09. The molecule has 3 aromatic carbocycles. The van der Waals surface area contributed by atoms with Crippen LogP contribution in [-0.2, 0) is 16.6 Å². The molecule has 0 heterocycles. The molecule has 0 aliphatic carbocycles. The number of carbonyl (C=O) groups excluding carboxylic acids is 1. The van der Waals surface area contributed by atoms with Crippen LogP contribution in [0.1, 0.15) is 5.56 Å². The van der Waals surface area contributed by atoms with Crippen molar-refractivity contribution in [2.24, 2.45) is 5.14 Å². The second kappa shape index (κ2) is 7.65. The van der Waals surface area contributed by atoms with Gasteiger partial charge in [0.1, 0.15) is 5.75 Å². The van der Waals surface area contributed by atoms with E-state index >= 15 is 0 Å². The van der Waals surface area contributed by atoms with Crippen LogP contribution in [0.3, 0.4) is 0 Å². The van der Waals surface area contributed by atoms with Gasteiger partial charge in [0.15, 0.2) is 0 Å². The Bertz CT molecular complexity index is 1080. The van der Waals surface area contributed by atoms with E-state index in [9.17, 15) is 13.2 Å². The SMILES string of the molecule is COc1ccc2cc(CNC(=O)Nc3ccc(S(N)(=O)=O)cc3)ccc2c1. The van der Waals surface area contributed by atoms with Crippen molar-refractivity contribution in [2.45, 2.75) is 11.4 Å². The van der Waals surface area contributed by atoms with Crippen LogP contribution in [0.15, 0.2) is 65.6 Å². The van der Waals surface area contributed by atoms with E-state index in [4.69, 9.17) is 9.88 Å². The predicted octanol–water partition coefficient (Wildman–Crippen LogP) is 2.82. The van der Waals surface area contributed by atoms with Gasteiger partial charge in [-0.2, -0.15) is 0 Å². The number of ether oxygens (including phenoxy) is 1. The highest BCUT2D eigenvalue weighted by atomic mass is 32.2. The summed E-state index contributed by atoms with van der Waals surface area (Å²) in [5, 5.41) is 12.5. The molecule has 0 saturated heterocycles. The number of nitrogens with one attached hydrogen (secondary N) is 2. The monoisotopic (exact) mass is 385 g/mol. The Morgan fingerprint density at radius 2 is 1.67 bits per heavy atom. The van der Waals surface area contributed by atoms with Crippen molar-refractivity contribution in [3.63, 3.8) is 0 Å². The summed E-state index contributed by atoms with van der Waals surface area (Å²) in [6.45, 7) is 0.350. The van der Waals surface area contributed by atoms with Crippen LogP contribution in [-0.4, -0.2) is 21.6 Å². The molecule has 8 heteroatoms. The summed E-state index contributed by atoms with van der Waals surface area (Å²) in [5.41, 5.74) is 1.41. The first-order valence-electron chi connectivity index (χ1n) is 8.09. The summed E-state index contributed by atoms with van der Waals surface area (Å²) in [7, 11) is -2.13. The zero-order chi connectivity index (χ0) is 19.4. The fourth-order valence-electron chi connectivity index (χ4n) is 2.60. The lowest BCUT2D eigenvalue weighted by Crippen LogP contribution is -2.28. The van der Waals surface area contributed by atoms with E-state index < -0.39 is 16.1 Å². The number of primary sulfonamides is 1. The molecule has 140 valence electrons. The molecule has 7 nitrogen and oxygen atoms in total. The second-order valence-electron chi connectivity index (χ2n) is 5.92. The van der Waals surface area contributed by atoms with Crippen LogP contribution in [0.4, 0.5) is 10.5 Å². The molecule has 0 unspecified atom stereocenters. The summed E-state index contributed by atoms with van der Waals surface area (Å²) < 4.78 is 27.7. The number of methoxy groups -OCH3 is 1. The van der Waals surface area contributed by atoms with Gasteiger partial charge in [0.2, 0.25) is 10.0 Å². The number of benzene rings is 3. The maximum atomic E-state index is 12.0. The Balaban J connectivity index is 1.61. The molecule has 0 atom stereocenters. The van der Waals surface area contributed by atoms with E-state index in [0.717, 1.165) is 22.1 Å². The molecule has 4 N–H and O–H groups in total. The van der Waals surface area contributed by atoms with Crippen molar-refractivity contribution in [1.82, 2.24) is 5.32 Å². The summed E-state index contributed by atoms with van der Waals surface area (Å²) in [5.74, 6) is 0.793. The van der Waals surface area contributed by atoms with Crippen LogP contribution in [0, 0.1) is 0 Å². The number of sulfonamides is 1. The van der Waals surface area contributed by atoms with Crippen molar-refractivity contribution in [3.05, 3.63) is 66.2 Å². The van der Waals surface area contributed by atoms with Crippen LogP contribution in [0.25, 0.3) is 10.8 Å². The first-order chi connectivity index (χ1) is 12.8. The van der Waals surface area contributed by atoms with Gasteiger partial charge in [0, 0.05) is 12.2 Å². The van der Waals surface area contributed by atoms with E-state index in [2.05, 4.69) is 10.6 Å². The van der Waals surface area contributed by atoms with Gasteiger partial charge < -0.3 is 15.4 Å². The normalized spacial score (nSPS) is 11.2. The number of anilines is 1. The molecule has 0 radical (unpaired) electrons. The first-order valence-corrected chi connectivity index (χ1v) is 9.64. The molecule has 0 aliphatic heterocycles. The molecule has 3 aromatic rings. The van der Waals surface area contributed by atoms with Crippen molar-refractivity contribution in [2.75, 3.05) is 12.4 Å². The third-order valence-electron chi connectivity index (χ3n) is 4.01. The predicted molar refractivity (Wildman–Crippen MR) is 104 cm³/mol. The van der Waals surface area contributed by atoms with Gasteiger partial charge in [-0.15, -0.1) is 0 Å². The topological polar surface area (TPSA) is 111 Å². The molecule has 0 fully saturated rings. The molecular weight excluding hydrogens is 366 g/mol. The van der Waals surface area contributed by atoms with Crippen molar-refractivity contribution >= 4 is 32.5 Å². The number of urea groups is 1. The van der Waals surface area contributed by atoms with Crippen LogP contribution < -0.4 is 20.5 Å². The average molecular weight is 385 g/mol. The van der Waals surface area contributed by atoms with Gasteiger partial charge in [-0.3, -0.25) is 0 Å². The average Bonchev–Trinajstić information content (AvgIpc) is 2.65. The lowest BCUT2D eigenvalue weighted by atomic mass is 10.1. The highest BCUT2D eigenvalue weighted by molar-refractivity contribution is 7.89. The van der Waals surface area contributed by atoms with Gasteiger partial charge in [-0.1, -0.05) is 18.2 Å². The maximum absolute atomic E-state index is 12.0. The Kier molecular flexibility index (Phi) is 5.29. The van der Waals surface area contributed by atoms with Crippen molar-refractivity contribution < 1.29 is 17.9 Å². The van der Waals surface area contributed by atoms with Gasteiger partial charge >= 0.3 is 6.03 Å². The van der Waals surface area contributed by atoms with E-state index in [-0.39, 0.29) is 4.90 Å². The minimum atomic E-state index is -3.75. The van der Waals surface area contributed by atoms with Crippen molar-refractivity contribution in [3.8, 4) is 5.75 Å². The number of carbonyl (C=O) groups is 1. The lowest BCUT2D eigenvalue weighted by molar-refractivity contribution is 0.251. The highest BCUT2D eigenvalue weighted by Crippen LogP contribution is 2.22. The quantitative estimate of drug-likeness (QED) is 0.627. The molecular formula is C19H19N3O4S. The van der Waals surface area contributed by atoms with Crippen LogP contribution in [0.2, 0.25) is 0 Å². The number of hydrogen-bond acceptors (Lipinski definition) is 4. The van der Waals surface area contributed by atoms with E-state index in [0.29, 0.717) is 12.2 Å². The molecule has 27 heavy (non-hydrogen) atoms. The highest BCUT2D eigenvalue weighted by Gasteiger charge is 2.08. The first kappa shape index (κ1) is 18.7. The summed E-state index contributed by atoms with van der Waals surface area (Å²) in [6.07, 6.45) is 0. The zero-order valence-corrected chi connectivity index (χ0v) is 15.4. The number of hydrogen-bond donors (Lipinski definition) is 3. The van der Waals surface area contributed by atoms with Crippen molar-refractivity contribution in [1.29, 1.82) is 0 Å². The van der Waals surface area contributed by atoms with Crippen LogP contribution in [0.5, 0.6) is 5.75 Å². The van der Waals surface area contributed by atoms with E-state index in [1.54, 1.807) is 7.11 Å². The van der Waals surface area contributed by atoms with Gasteiger partial charge in [0.05, 0.1) is 12.0 Å². The molecule has 0 saturated carbocycles. The van der Waals surface area contributed by atoms with Gasteiger partial charge in [0.25, 0.3) is 0 Å². The van der Waals surface area contributed by atoms with Gasteiger partial charge in [-0.25, -0.2) is 18.4 Å². The molecule has 0 aliphatic rings. The molecule has 0 aromatic heterocycles. The largest absolute Gasteiger partial charge is 0.497 e. The summed E-state index contributed by atoms with van der Waals surface area (Å²) >= 11 is 0. The summed E-state index contributed by atoms with van der Waals surface area (Å²) in [6, 6.07) is 16.9. The Morgan fingerprint density at radius 3 is 2.33 bits per heavy atom.